The van der Waals surface area contributed by atoms with Gasteiger partial charge in [-0.25, -0.2) is 0 Å². The van der Waals surface area contributed by atoms with Crippen LogP contribution in [0.3, 0.4) is 0 Å². The normalized spacial score (nSPS) is 14.0. The molecule has 1 aliphatic carbocycles. The Balaban J connectivity index is 1.63. The SMILES string of the molecule is O=C(Nc1cccc(NC(=O)C2CC2)c1)c1ccc(SC(F)(F)F)cc1. The van der Waals surface area contributed by atoms with E-state index in [9.17, 15) is 22.8 Å². The van der Waals surface area contributed by atoms with Crippen LogP contribution in [-0.4, -0.2) is 17.3 Å². The van der Waals surface area contributed by atoms with Crippen LogP contribution in [0.25, 0.3) is 0 Å². The first-order chi connectivity index (χ1) is 12.3. The summed E-state index contributed by atoms with van der Waals surface area (Å²) >= 11 is -0.232. The molecular formula is C18H15F3N2O2S. The van der Waals surface area contributed by atoms with Gasteiger partial charge in [0.15, 0.2) is 0 Å². The molecule has 2 N–H and O–H groups in total. The van der Waals surface area contributed by atoms with Gasteiger partial charge in [0.1, 0.15) is 0 Å². The topological polar surface area (TPSA) is 58.2 Å². The minimum absolute atomic E-state index is 0.0128. The third-order valence-electron chi connectivity index (χ3n) is 3.69. The average molecular weight is 380 g/mol. The van der Waals surface area contributed by atoms with Crippen molar-refractivity contribution in [3.63, 3.8) is 0 Å². The van der Waals surface area contributed by atoms with Crippen molar-refractivity contribution in [1.29, 1.82) is 0 Å². The molecule has 1 saturated carbocycles. The van der Waals surface area contributed by atoms with E-state index in [0.717, 1.165) is 12.8 Å². The number of nitrogens with one attached hydrogen (secondary N) is 2. The van der Waals surface area contributed by atoms with E-state index in [0.29, 0.717) is 11.4 Å². The molecule has 0 heterocycles. The van der Waals surface area contributed by atoms with E-state index in [1.54, 1.807) is 24.3 Å². The molecule has 8 heteroatoms. The number of carbonyl (C=O) groups is 2. The van der Waals surface area contributed by atoms with E-state index >= 15 is 0 Å². The molecule has 0 radical (unpaired) electrons. The van der Waals surface area contributed by atoms with Gasteiger partial charge in [0, 0.05) is 27.8 Å². The number of amides is 2. The molecule has 1 aliphatic rings. The molecule has 136 valence electrons. The molecule has 3 rings (SSSR count). The average Bonchev–Trinajstić information content (AvgIpc) is 3.39. The molecule has 2 aromatic carbocycles. The maximum absolute atomic E-state index is 12.3. The van der Waals surface area contributed by atoms with Crippen LogP contribution < -0.4 is 10.6 Å². The second-order valence-corrected chi connectivity index (χ2v) is 7.01. The zero-order valence-electron chi connectivity index (χ0n) is 13.5. The molecule has 0 unspecified atom stereocenters. The van der Waals surface area contributed by atoms with Crippen LogP contribution in [0.4, 0.5) is 24.5 Å². The number of rotatable bonds is 5. The molecule has 1 fully saturated rings. The summed E-state index contributed by atoms with van der Waals surface area (Å²) in [4.78, 5) is 24.0. The predicted octanol–water partition coefficient (Wildman–Crippen LogP) is 4.90. The van der Waals surface area contributed by atoms with Crippen LogP contribution in [0.2, 0.25) is 0 Å². The first-order valence-electron chi connectivity index (χ1n) is 7.88. The summed E-state index contributed by atoms with van der Waals surface area (Å²) < 4.78 is 37.0. The second-order valence-electron chi connectivity index (χ2n) is 5.87. The minimum Gasteiger partial charge on any atom is -0.326 e. The number of hydrogen-bond acceptors (Lipinski definition) is 3. The van der Waals surface area contributed by atoms with Crippen LogP contribution in [0.5, 0.6) is 0 Å². The first-order valence-corrected chi connectivity index (χ1v) is 8.70. The van der Waals surface area contributed by atoms with Crippen molar-refractivity contribution in [2.24, 2.45) is 5.92 Å². The summed E-state index contributed by atoms with van der Waals surface area (Å²) in [6.45, 7) is 0. The lowest BCUT2D eigenvalue weighted by atomic mass is 10.2. The maximum atomic E-state index is 12.3. The number of benzene rings is 2. The molecule has 2 aromatic rings. The zero-order chi connectivity index (χ0) is 18.7. The van der Waals surface area contributed by atoms with Crippen LogP contribution in [0.15, 0.2) is 53.4 Å². The van der Waals surface area contributed by atoms with Gasteiger partial charge >= 0.3 is 5.51 Å². The molecular weight excluding hydrogens is 365 g/mol. The predicted molar refractivity (Wildman–Crippen MR) is 94.1 cm³/mol. The fourth-order valence-electron chi connectivity index (χ4n) is 2.28. The second kappa shape index (κ2) is 7.41. The van der Waals surface area contributed by atoms with Gasteiger partial charge in [-0.2, -0.15) is 13.2 Å². The van der Waals surface area contributed by atoms with Gasteiger partial charge in [-0.05, 0) is 67.1 Å². The molecule has 0 aromatic heterocycles. The van der Waals surface area contributed by atoms with Crippen LogP contribution in [0, 0.1) is 5.92 Å². The van der Waals surface area contributed by atoms with Crippen molar-refractivity contribution in [1.82, 2.24) is 0 Å². The Kier molecular flexibility index (Phi) is 5.22. The lowest BCUT2D eigenvalue weighted by molar-refractivity contribution is -0.117. The molecule has 0 bridgehead atoms. The van der Waals surface area contributed by atoms with Crippen molar-refractivity contribution in [2.75, 3.05) is 10.6 Å². The van der Waals surface area contributed by atoms with Crippen molar-refractivity contribution in [2.45, 2.75) is 23.2 Å². The highest BCUT2D eigenvalue weighted by molar-refractivity contribution is 8.00. The Bertz CT molecular complexity index is 818. The zero-order valence-corrected chi connectivity index (χ0v) is 14.3. The summed E-state index contributed by atoms with van der Waals surface area (Å²) in [6.07, 6.45) is 1.79. The van der Waals surface area contributed by atoms with Crippen molar-refractivity contribution in [3.8, 4) is 0 Å². The van der Waals surface area contributed by atoms with Gasteiger partial charge in [0.05, 0.1) is 0 Å². The number of thioether (sulfide) groups is 1. The fraction of sp³-hybridized carbons (Fsp3) is 0.222. The Morgan fingerprint density at radius 2 is 1.58 bits per heavy atom. The van der Waals surface area contributed by atoms with E-state index in [2.05, 4.69) is 10.6 Å². The third kappa shape index (κ3) is 5.26. The van der Waals surface area contributed by atoms with Crippen LogP contribution in [-0.2, 0) is 4.79 Å². The molecule has 2 amide bonds. The van der Waals surface area contributed by atoms with E-state index in [1.807, 2.05) is 0 Å². The summed E-state index contributed by atoms with van der Waals surface area (Å²) in [5.41, 5.74) is -3.06. The fourth-order valence-corrected chi connectivity index (χ4v) is 2.82. The van der Waals surface area contributed by atoms with E-state index < -0.39 is 11.4 Å². The molecule has 26 heavy (non-hydrogen) atoms. The lowest BCUT2D eigenvalue weighted by Gasteiger charge is -2.09. The molecule has 0 aliphatic heterocycles. The van der Waals surface area contributed by atoms with Gasteiger partial charge in [-0.3, -0.25) is 9.59 Å². The summed E-state index contributed by atoms with van der Waals surface area (Å²) in [7, 11) is 0. The number of alkyl halides is 3. The van der Waals surface area contributed by atoms with Gasteiger partial charge in [0.25, 0.3) is 5.91 Å². The smallest absolute Gasteiger partial charge is 0.326 e. The molecule has 0 spiro atoms. The standard InChI is InChI=1S/C18H15F3N2O2S/c19-18(20,21)26-15-8-6-12(7-9-15)17(25)23-14-3-1-2-13(10-14)22-16(24)11-4-5-11/h1-3,6-11H,4-5H2,(H,22,24)(H,23,25). The van der Waals surface area contributed by atoms with Gasteiger partial charge in [0.2, 0.25) is 5.91 Å². The van der Waals surface area contributed by atoms with Crippen LogP contribution in [0.1, 0.15) is 23.2 Å². The third-order valence-corrected chi connectivity index (χ3v) is 4.43. The lowest BCUT2D eigenvalue weighted by Crippen LogP contribution is -2.14. The largest absolute Gasteiger partial charge is 0.446 e. The van der Waals surface area contributed by atoms with Crippen molar-refractivity contribution < 1.29 is 22.8 Å². The molecule has 4 nitrogen and oxygen atoms in total. The monoisotopic (exact) mass is 380 g/mol. The van der Waals surface area contributed by atoms with Gasteiger partial charge in [-0.1, -0.05) is 6.07 Å². The first kappa shape index (κ1) is 18.3. The van der Waals surface area contributed by atoms with E-state index in [1.165, 1.54) is 24.3 Å². The number of carbonyl (C=O) groups excluding carboxylic acids is 2. The number of anilines is 2. The highest BCUT2D eigenvalue weighted by atomic mass is 32.2. The summed E-state index contributed by atoms with van der Waals surface area (Å²) in [6, 6.07) is 11.9. The Hall–Kier alpha value is -2.48. The Labute approximate surface area is 152 Å². The summed E-state index contributed by atoms with van der Waals surface area (Å²) in [5.74, 6) is -0.410. The Morgan fingerprint density at radius 3 is 2.15 bits per heavy atom. The molecule has 0 saturated heterocycles. The molecule has 0 atom stereocenters. The number of halogens is 3. The van der Waals surface area contributed by atoms with Gasteiger partial charge in [-0.15, -0.1) is 0 Å². The van der Waals surface area contributed by atoms with E-state index in [-0.39, 0.29) is 34.0 Å². The van der Waals surface area contributed by atoms with E-state index in [4.69, 9.17) is 0 Å². The maximum Gasteiger partial charge on any atom is 0.446 e. The summed E-state index contributed by atoms with van der Waals surface area (Å²) in [5, 5.41) is 5.45. The Morgan fingerprint density at radius 1 is 0.962 bits per heavy atom. The van der Waals surface area contributed by atoms with Crippen molar-refractivity contribution in [3.05, 3.63) is 54.1 Å². The van der Waals surface area contributed by atoms with Gasteiger partial charge < -0.3 is 10.6 Å². The van der Waals surface area contributed by atoms with Crippen molar-refractivity contribution >= 4 is 35.0 Å². The highest BCUT2D eigenvalue weighted by Gasteiger charge is 2.30. The quantitative estimate of drug-likeness (QED) is 0.726. The minimum atomic E-state index is -4.37. The van der Waals surface area contributed by atoms with Crippen LogP contribution >= 0.6 is 11.8 Å². The highest BCUT2D eigenvalue weighted by Crippen LogP contribution is 2.36. The number of hydrogen-bond donors (Lipinski definition) is 2.